The standard InChI is InChI=1S/C16H21N3O3S/c1-16(9-2-3-10-16)15-18-14(22-19-15)8-7-12-5-4-6-13(11-12)23(17,20)21/h4-6,11H,2-3,7-10H2,1H3,(H2,17,20,21). The number of nitrogens with zero attached hydrogens (tertiary/aromatic N) is 2. The summed E-state index contributed by atoms with van der Waals surface area (Å²) in [5.74, 6) is 1.39. The lowest BCUT2D eigenvalue weighted by Gasteiger charge is -2.17. The van der Waals surface area contributed by atoms with Crippen molar-refractivity contribution in [2.45, 2.75) is 55.8 Å². The first-order chi connectivity index (χ1) is 10.9. The molecule has 23 heavy (non-hydrogen) atoms. The van der Waals surface area contributed by atoms with Crippen LogP contribution < -0.4 is 5.14 Å². The Balaban J connectivity index is 1.69. The van der Waals surface area contributed by atoms with Gasteiger partial charge in [0.1, 0.15) is 0 Å². The zero-order valence-electron chi connectivity index (χ0n) is 13.2. The van der Waals surface area contributed by atoms with Gasteiger partial charge in [-0.15, -0.1) is 0 Å². The zero-order chi connectivity index (χ0) is 16.5. The van der Waals surface area contributed by atoms with E-state index >= 15 is 0 Å². The lowest BCUT2D eigenvalue weighted by atomic mass is 9.88. The van der Waals surface area contributed by atoms with Gasteiger partial charge in [-0.05, 0) is 37.0 Å². The van der Waals surface area contributed by atoms with Crippen molar-refractivity contribution in [3.05, 3.63) is 41.5 Å². The molecule has 0 aliphatic heterocycles. The molecule has 0 amide bonds. The number of nitrogens with two attached hydrogens (primary N) is 1. The van der Waals surface area contributed by atoms with Gasteiger partial charge in [-0.3, -0.25) is 0 Å². The second-order valence-corrected chi connectivity index (χ2v) is 8.03. The molecule has 0 bridgehead atoms. The van der Waals surface area contributed by atoms with Crippen molar-refractivity contribution >= 4 is 10.0 Å². The first-order valence-corrected chi connectivity index (χ1v) is 9.36. The van der Waals surface area contributed by atoms with E-state index in [2.05, 4.69) is 17.1 Å². The molecule has 0 saturated heterocycles. The molecule has 1 saturated carbocycles. The fourth-order valence-corrected chi connectivity index (χ4v) is 3.69. The van der Waals surface area contributed by atoms with E-state index in [4.69, 9.17) is 9.66 Å². The number of rotatable bonds is 5. The number of sulfonamides is 1. The van der Waals surface area contributed by atoms with Gasteiger partial charge in [0.15, 0.2) is 5.82 Å². The van der Waals surface area contributed by atoms with Crippen LogP contribution in [0.1, 0.15) is 49.9 Å². The third kappa shape index (κ3) is 3.61. The average molecular weight is 335 g/mol. The highest BCUT2D eigenvalue weighted by molar-refractivity contribution is 7.89. The minimum absolute atomic E-state index is 0.0370. The summed E-state index contributed by atoms with van der Waals surface area (Å²) >= 11 is 0. The quantitative estimate of drug-likeness (QED) is 0.904. The molecule has 6 nitrogen and oxygen atoms in total. The number of hydrogen-bond acceptors (Lipinski definition) is 5. The maximum Gasteiger partial charge on any atom is 0.238 e. The highest BCUT2D eigenvalue weighted by atomic mass is 32.2. The van der Waals surface area contributed by atoms with E-state index in [-0.39, 0.29) is 10.3 Å². The summed E-state index contributed by atoms with van der Waals surface area (Å²) in [6.07, 6.45) is 5.82. The summed E-state index contributed by atoms with van der Waals surface area (Å²) in [5.41, 5.74) is 0.915. The van der Waals surface area contributed by atoms with Crippen molar-refractivity contribution in [2.24, 2.45) is 5.14 Å². The van der Waals surface area contributed by atoms with Crippen LogP contribution in [-0.2, 0) is 28.3 Å². The summed E-state index contributed by atoms with van der Waals surface area (Å²) in [5, 5.41) is 9.29. The smallest absolute Gasteiger partial charge is 0.238 e. The van der Waals surface area contributed by atoms with E-state index in [9.17, 15) is 8.42 Å². The van der Waals surface area contributed by atoms with Crippen molar-refractivity contribution in [3.8, 4) is 0 Å². The van der Waals surface area contributed by atoms with Gasteiger partial charge in [0.2, 0.25) is 15.9 Å². The molecule has 124 valence electrons. The van der Waals surface area contributed by atoms with Gasteiger partial charge in [-0.25, -0.2) is 13.6 Å². The highest BCUT2D eigenvalue weighted by Crippen LogP contribution is 2.38. The Hall–Kier alpha value is -1.73. The van der Waals surface area contributed by atoms with Crippen LogP contribution in [0.4, 0.5) is 0 Å². The van der Waals surface area contributed by atoms with E-state index in [1.165, 1.54) is 18.9 Å². The summed E-state index contributed by atoms with van der Waals surface area (Å²) in [4.78, 5) is 4.65. The van der Waals surface area contributed by atoms with Gasteiger partial charge < -0.3 is 4.52 Å². The number of hydrogen-bond donors (Lipinski definition) is 1. The van der Waals surface area contributed by atoms with Crippen molar-refractivity contribution < 1.29 is 12.9 Å². The SMILES string of the molecule is CC1(c2noc(CCc3cccc(S(N)(=O)=O)c3)n2)CCCC1. The fraction of sp³-hybridized carbons (Fsp3) is 0.500. The van der Waals surface area contributed by atoms with Crippen LogP contribution in [0, 0.1) is 0 Å². The number of aryl methyl sites for hydroxylation is 2. The lowest BCUT2D eigenvalue weighted by molar-refractivity contribution is 0.354. The summed E-state index contributed by atoms with van der Waals surface area (Å²) in [6.45, 7) is 2.18. The monoisotopic (exact) mass is 335 g/mol. The van der Waals surface area contributed by atoms with Gasteiger partial charge in [-0.1, -0.05) is 37.1 Å². The minimum atomic E-state index is -3.67. The molecule has 1 heterocycles. The number of benzene rings is 1. The van der Waals surface area contributed by atoms with Crippen LogP contribution in [-0.4, -0.2) is 18.6 Å². The Morgan fingerprint density at radius 2 is 2.00 bits per heavy atom. The molecule has 0 unspecified atom stereocenters. The Morgan fingerprint density at radius 1 is 1.26 bits per heavy atom. The first-order valence-electron chi connectivity index (χ1n) is 7.82. The molecule has 0 radical (unpaired) electrons. The van der Waals surface area contributed by atoms with Crippen LogP contribution in [0.25, 0.3) is 0 Å². The maximum absolute atomic E-state index is 11.4. The van der Waals surface area contributed by atoms with Crippen molar-refractivity contribution in [1.82, 2.24) is 10.1 Å². The van der Waals surface area contributed by atoms with E-state index < -0.39 is 10.0 Å². The highest BCUT2D eigenvalue weighted by Gasteiger charge is 2.35. The van der Waals surface area contributed by atoms with Crippen molar-refractivity contribution in [2.75, 3.05) is 0 Å². The molecule has 1 aromatic heterocycles. The Morgan fingerprint density at radius 3 is 2.70 bits per heavy atom. The summed E-state index contributed by atoms with van der Waals surface area (Å²) in [6, 6.07) is 6.63. The van der Waals surface area contributed by atoms with E-state index in [1.54, 1.807) is 12.1 Å². The van der Waals surface area contributed by atoms with E-state index in [0.717, 1.165) is 24.2 Å². The van der Waals surface area contributed by atoms with E-state index in [1.807, 2.05) is 6.07 Å². The molecular formula is C16H21N3O3S. The second-order valence-electron chi connectivity index (χ2n) is 6.47. The molecule has 3 rings (SSSR count). The number of aromatic nitrogens is 2. The van der Waals surface area contributed by atoms with Crippen molar-refractivity contribution in [3.63, 3.8) is 0 Å². The lowest BCUT2D eigenvalue weighted by Crippen LogP contribution is -2.18. The van der Waals surface area contributed by atoms with Crippen LogP contribution in [0.15, 0.2) is 33.7 Å². The Labute approximate surface area is 136 Å². The maximum atomic E-state index is 11.4. The van der Waals surface area contributed by atoms with Crippen molar-refractivity contribution in [1.29, 1.82) is 0 Å². The zero-order valence-corrected chi connectivity index (χ0v) is 14.0. The minimum Gasteiger partial charge on any atom is -0.339 e. The predicted octanol–water partition coefficient (Wildman–Crippen LogP) is 2.33. The van der Waals surface area contributed by atoms with Crippen LogP contribution in [0.5, 0.6) is 0 Å². The first kappa shape index (κ1) is 16.1. The van der Waals surface area contributed by atoms with Gasteiger partial charge in [0.25, 0.3) is 0 Å². The third-order valence-electron chi connectivity index (χ3n) is 4.57. The molecule has 1 aromatic carbocycles. The predicted molar refractivity (Wildman–Crippen MR) is 85.3 cm³/mol. The molecule has 7 heteroatoms. The van der Waals surface area contributed by atoms with Crippen LogP contribution in [0.3, 0.4) is 0 Å². The topological polar surface area (TPSA) is 99.1 Å². The van der Waals surface area contributed by atoms with Gasteiger partial charge in [0, 0.05) is 11.8 Å². The van der Waals surface area contributed by atoms with Gasteiger partial charge in [-0.2, -0.15) is 4.98 Å². The second kappa shape index (κ2) is 6.05. The molecule has 0 spiro atoms. The Kier molecular flexibility index (Phi) is 4.25. The van der Waals surface area contributed by atoms with Gasteiger partial charge in [0.05, 0.1) is 4.90 Å². The molecule has 2 N–H and O–H groups in total. The molecule has 1 fully saturated rings. The Bertz CT molecular complexity index is 792. The van der Waals surface area contributed by atoms with Crippen LogP contribution >= 0.6 is 0 Å². The largest absolute Gasteiger partial charge is 0.339 e. The summed E-state index contributed by atoms with van der Waals surface area (Å²) < 4.78 is 28.1. The average Bonchev–Trinajstić information content (AvgIpc) is 3.14. The summed E-state index contributed by atoms with van der Waals surface area (Å²) in [7, 11) is -3.67. The van der Waals surface area contributed by atoms with Crippen LogP contribution in [0.2, 0.25) is 0 Å². The number of primary sulfonamides is 1. The van der Waals surface area contributed by atoms with E-state index in [0.29, 0.717) is 18.7 Å². The molecule has 1 aliphatic rings. The van der Waals surface area contributed by atoms with Gasteiger partial charge >= 0.3 is 0 Å². The molecule has 1 aliphatic carbocycles. The molecule has 0 atom stereocenters. The third-order valence-corrected chi connectivity index (χ3v) is 5.48. The normalized spacial score (nSPS) is 17.5. The molecular weight excluding hydrogens is 314 g/mol. The fourth-order valence-electron chi connectivity index (χ4n) is 3.11. The molecule has 2 aromatic rings.